The summed E-state index contributed by atoms with van der Waals surface area (Å²) < 4.78 is 0. The van der Waals surface area contributed by atoms with Crippen molar-refractivity contribution in [2.45, 2.75) is 69.5 Å². The normalized spacial score (nSPS) is 32.5. The highest BCUT2D eigenvalue weighted by Gasteiger charge is 2.38. The molecule has 0 bridgehead atoms. The third-order valence-corrected chi connectivity index (χ3v) is 4.77. The van der Waals surface area contributed by atoms with Gasteiger partial charge in [-0.15, -0.1) is 0 Å². The highest BCUT2D eigenvalue weighted by molar-refractivity contribution is 5.83. The maximum Gasteiger partial charge on any atom is 0.237 e. The van der Waals surface area contributed by atoms with Gasteiger partial charge in [0.15, 0.2) is 0 Å². The smallest absolute Gasteiger partial charge is 0.237 e. The lowest BCUT2D eigenvalue weighted by atomic mass is 9.85. The maximum absolute atomic E-state index is 12.1. The zero-order chi connectivity index (χ0) is 13.9. The second kappa shape index (κ2) is 6.12. The van der Waals surface area contributed by atoms with Crippen LogP contribution in [0.2, 0.25) is 0 Å². The van der Waals surface area contributed by atoms with E-state index in [2.05, 4.69) is 16.0 Å². The van der Waals surface area contributed by atoms with Crippen molar-refractivity contribution >= 4 is 11.8 Å². The largest absolute Gasteiger partial charge is 0.354 e. The Bertz CT molecular complexity index is 367. The molecule has 3 fully saturated rings. The van der Waals surface area contributed by atoms with E-state index in [1.807, 2.05) is 0 Å². The molecule has 3 aliphatic rings. The molecule has 2 aliphatic carbocycles. The van der Waals surface area contributed by atoms with Crippen LogP contribution in [0.3, 0.4) is 0 Å². The van der Waals surface area contributed by atoms with Crippen LogP contribution >= 0.6 is 0 Å². The van der Waals surface area contributed by atoms with Gasteiger partial charge >= 0.3 is 0 Å². The van der Waals surface area contributed by atoms with Crippen LogP contribution in [0.1, 0.15) is 51.4 Å². The molecule has 0 aromatic rings. The highest BCUT2D eigenvalue weighted by atomic mass is 16.2. The van der Waals surface area contributed by atoms with Gasteiger partial charge in [0.05, 0.1) is 6.04 Å². The van der Waals surface area contributed by atoms with Crippen LogP contribution in [0, 0.1) is 5.92 Å². The summed E-state index contributed by atoms with van der Waals surface area (Å²) in [5.41, 5.74) is 0. The molecule has 20 heavy (non-hydrogen) atoms. The minimum Gasteiger partial charge on any atom is -0.354 e. The number of amides is 2. The Morgan fingerprint density at radius 2 is 1.90 bits per heavy atom. The fourth-order valence-electron chi connectivity index (χ4n) is 3.47. The van der Waals surface area contributed by atoms with E-state index < -0.39 is 0 Å². The minimum absolute atomic E-state index is 0.0467. The molecule has 5 nitrogen and oxygen atoms in total. The van der Waals surface area contributed by atoms with Crippen LogP contribution in [-0.4, -0.2) is 36.5 Å². The fraction of sp³-hybridized carbons (Fsp3) is 0.867. The highest BCUT2D eigenvalue weighted by Crippen LogP contribution is 2.33. The van der Waals surface area contributed by atoms with E-state index in [0.717, 1.165) is 19.3 Å². The summed E-state index contributed by atoms with van der Waals surface area (Å²) in [5, 5.41) is 9.29. The van der Waals surface area contributed by atoms with Crippen molar-refractivity contribution in [3.8, 4) is 0 Å². The Balaban J connectivity index is 1.35. The number of nitrogens with one attached hydrogen (secondary N) is 3. The van der Waals surface area contributed by atoms with E-state index in [1.165, 1.54) is 25.7 Å². The second-order valence-electron chi connectivity index (χ2n) is 6.49. The first-order chi connectivity index (χ1) is 9.72. The van der Waals surface area contributed by atoms with Crippen molar-refractivity contribution in [3.63, 3.8) is 0 Å². The minimum atomic E-state index is -0.0467. The molecule has 1 aliphatic heterocycles. The van der Waals surface area contributed by atoms with E-state index in [9.17, 15) is 9.59 Å². The zero-order valence-electron chi connectivity index (χ0n) is 12.0. The Labute approximate surface area is 120 Å². The first kappa shape index (κ1) is 13.9. The van der Waals surface area contributed by atoms with Crippen molar-refractivity contribution in [1.82, 2.24) is 16.0 Å². The lowest BCUT2D eigenvalue weighted by molar-refractivity contribution is -0.123. The van der Waals surface area contributed by atoms with Crippen LogP contribution in [0.4, 0.5) is 0 Å². The van der Waals surface area contributed by atoms with Gasteiger partial charge in [0, 0.05) is 25.0 Å². The van der Waals surface area contributed by atoms with Gasteiger partial charge in [0.2, 0.25) is 11.8 Å². The van der Waals surface area contributed by atoms with Gasteiger partial charge in [-0.2, -0.15) is 0 Å². The van der Waals surface area contributed by atoms with Gasteiger partial charge in [-0.25, -0.2) is 0 Å². The number of carbonyl (C=O) groups excluding carboxylic acids is 2. The van der Waals surface area contributed by atoms with Crippen molar-refractivity contribution in [2.75, 3.05) is 6.54 Å². The topological polar surface area (TPSA) is 70.2 Å². The molecule has 2 saturated carbocycles. The lowest BCUT2D eigenvalue weighted by Crippen LogP contribution is -2.44. The molecule has 0 aromatic carbocycles. The molecule has 0 aromatic heterocycles. The second-order valence-corrected chi connectivity index (χ2v) is 6.49. The third-order valence-electron chi connectivity index (χ3n) is 4.77. The number of hydrogen-bond donors (Lipinski definition) is 3. The summed E-state index contributed by atoms with van der Waals surface area (Å²) >= 11 is 0. The SMILES string of the molecule is O=C(CCNC(=O)C1CC2CCCCC2N1)NC1CC1. The Morgan fingerprint density at radius 1 is 1.10 bits per heavy atom. The molecule has 3 unspecified atom stereocenters. The zero-order valence-corrected chi connectivity index (χ0v) is 12.0. The first-order valence-electron chi connectivity index (χ1n) is 8.05. The predicted molar refractivity (Wildman–Crippen MR) is 76.1 cm³/mol. The Hall–Kier alpha value is -1.10. The van der Waals surface area contributed by atoms with Crippen molar-refractivity contribution in [2.24, 2.45) is 5.92 Å². The molecular weight excluding hydrogens is 254 g/mol. The molecule has 3 rings (SSSR count). The Kier molecular flexibility index (Phi) is 4.24. The van der Waals surface area contributed by atoms with E-state index >= 15 is 0 Å². The van der Waals surface area contributed by atoms with Gasteiger partial charge in [0.25, 0.3) is 0 Å². The summed E-state index contributed by atoms with van der Waals surface area (Å²) in [6, 6.07) is 0.894. The lowest BCUT2D eigenvalue weighted by Gasteiger charge is -2.24. The van der Waals surface area contributed by atoms with Gasteiger partial charge in [-0.3, -0.25) is 9.59 Å². The molecule has 1 heterocycles. The van der Waals surface area contributed by atoms with Crippen molar-refractivity contribution in [3.05, 3.63) is 0 Å². The van der Waals surface area contributed by atoms with E-state index in [1.54, 1.807) is 0 Å². The molecule has 0 spiro atoms. The van der Waals surface area contributed by atoms with E-state index in [0.29, 0.717) is 31.0 Å². The van der Waals surface area contributed by atoms with Crippen LogP contribution in [-0.2, 0) is 9.59 Å². The van der Waals surface area contributed by atoms with Crippen LogP contribution in [0.15, 0.2) is 0 Å². The number of carbonyl (C=O) groups is 2. The summed E-state index contributed by atoms with van der Waals surface area (Å²) in [4.78, 5) is 23.6. The van der Waals surface area contributed by atoms with Crippen LogP contribution in [0.5, 0.6) is 0 Å². The molecule has 1 saturated heterocycles. The van der Waals surface area contributed by atoms with E-state index in [4.69, 9.17) is 0 Å². The molecule has 0 radical (unpaired) electrons. The molecule has 3 N–H and O–H groups in total. The van der Waals surface area contributed by atoms with E-state index in [-0.39, 0.29) is 17.9 Å². The van der Waals surface area contributed by atoms with Crippen molar-refractivity contribution < 1.29 is 9.59 Å². The Morgan fingerprint density at radius 3 is 2.65 bits per heavy atom. The standard InChI is InChI=1S/C15H25N3O2/c19-14(17-11-5-6-11)7-8-16-15(20)13-9-10-3-1-2-4-12(10)18-13/h10-13,18H,1-9H2,(H,16,20)(H,17,19). The molecule has 5 heteroatoms. The average molecular weight is 279 g/mol. The van der Waals surface area contributed by atoms with Crippen LogP contribution in [0.25, 0.3) is 0 Å². The molecular formula is C15H25N3O2. The molecule has 112 valence electrons. The van der Waals surface area contributed by atoms with Gasteiger partial charge < -0.3 is 16.0 Å². The number of hydrogen-bond acceptors (Lipinski definition) is 3. The van der Waals surface area contributed by atoms with Gasteiger partial charge in [0.1, 0.15) is 0 Å². The van der Waals surface area contributed by atoms with Gasteiger partial charge in [-0.05, 0) is 38.0 Å². The average Bonchev–Trinajstić information content (AvgIpc) is 3.13. The summed E-state index contributed by atoms with van der Waals surface area (Å²) in [6.07, 6.45) is 8.61. The monoisotopic (exact) mass is 279 g/mol. The summed E-state index contributed by atoms with van der Waals surface area (Å²) in [5.74, 6) is 0.803. The third kappa shape index (κ3) is 3.51. The predicted octanol–water partition coefficient (Wildman–Crippen LogP) is 0.692. The fourth-order valence-corrected chi connectivity index (χ4v) is 3.47. The molecule has 3 atom stereocenters. The maximum atomic E-state index is 12.1. The van der Waals surface area contributed by atoms with Gasteiger partial charge in [-0.1, -0.05) is 12.8 Å². The first-order valence-corrected chi connectivity index (χ1v) is 8.05. The molecule has 2 amide bonds. The quantitative estimate of drug-likeness (QED) is 0.693. The number of fused-ring (bicyclic) bond motifs is 1. The number of rotatable bonds is 5. The summed E-state index contributed by atoms with van der Waals surface area (Å²) in [7, 11) is 0. The van der Waals surface area contributed by atoms with Crippen molar-refractivity contribution in [1.29, 1.82) is 0 Å². The van der Waals surface area contributed by atoms with Crippen LogP contribution < -0.4 is 16.0 Å². The summed E-state index contributed by atoms with van der Waals surface area (Å²) in [6.45, 7) is 0.449.